The van der Waals surface area contributed by atoms with E-state index in [1.54, 1.807) is 0 Å². The van der Waals surface area contributed by atoms with E-state index in [-0.39, 0.29) is 0 Å². The fraction of sp³-hybridized carbons (Fsp3) is 1.00. The Hall–Kier alpha value is 0. The van der Waals surface area contributed by atoms with Gasteiger partial charge in [-0.25, -0.2) is 0 Å². The lowest BCUT2D eigenvalue weighted by molar-refractivity contribution is -0.101. The molecule has 0 N–H and O–H groups in total. The van der Waals surface area contributed by atoms with Crippen molar-refractivity contribution in [2.75, 3.05) is 0 Å². The summed E-state index contributed by atoms with van der Waals surface area (Å²) in [7, 11) is 0. The zero-order valence-corrected chi connectivity index (χ0v) is 10.3. The van der Waals surface area contributed by atoms with E-state index in [0.717, 1.165) is 35.5 Å². The monoisotopic (exact) mass is 194 g/mol. The van der Waals surface area contributed by atoms with Crippen LogP contribution in [0.1, 0.15) is 53.4 Å². The predicted octanol–water partition coefficient (Wildman–Crippen LogP) is 4.35. The van der Waals surface area contributed by atoms with E-state index in [1.807, 2.05) is 0 Å². The number of hydrogen-bond acceptors (Lipinski definition) is 0. The molecule has 0 bridgehead atoms. The van der Waals surface area contributed by atoms with Crippen molar-refractivity contribution in [2.45, 2.75) is 53.4 Å². The van der Waals surface area contributed by atoms with Gasteiger partial charge in [0.25, 0.3) is 0 Å². The molecule has 2 fully saturated rings. The molecule has 2 aliphatic rings. The highest BCUT2D eigenvalue weighted by Crippen LogP contribution is 2.58. The van der Waals surface area contributed by atoms with Crippen LogP contribution in [-0.4, -0.2) is 0 Å². The quantitative estimate of drug-likeness (QED) is 0.613. The average molecular weight is 194 g/mol. The first kappa shape index (κ1) is 10.5. The van der Waals surface area contributed by atoms with Crippen molar-refractivity contribution in [3.63, 3.8) is 0 Å². The second-order valence-corrected chi connectivity index (χ2v) is 6.25. The van der Waals surface area contributed by atoms with Gasteiger partial charge in [0.2, 0.25) is 0 Å². The first-order chi connectivity index (χ1) is 6.63. The Morgan fingerprint density at radius 2 is 1.07 bits per heavy atom. The highest BCUT2D eigenvalue weighted by Gasteiger charge is 2.52. The van der Waals surface area contributed by atoms with Crippen LogP contribution in [-0.2, 0) is 0 Å². The van der Waals surface area contributed by atoms with Crippen molar-refractivity contribution >= 4 is 0 Å². The van der Waals surface area contributed by atoms with Crippen LogP contribution in [0, 0.1) is 35.5 Å². The molecule has 4 unspecified atom stereocenters. The Morgan fingerprint density at radius 1 is 0.714 bits per heavy atom. The number of rotatable bonds is 2. The Bertz CT molecular complexity index is 170. The summed E-state index contributed by atoms with van der Waals surface area (Å²) >= 11 is 0. The molecule has 0 aliphatic heterocycles. The molecule has 0 saturated heterocycles. The Labute approximate surface area is 89.5 Å². The van der Waals surface area contributed by atoms with Crippen molar-refractivity contribution in [3.05, 3.63) is 0 Å². The maximum Gasteiger partial charge on any atom is -0.0326 e. The predicted molar refractivity (Wildman–Crippen MR) is 62.1 cm³/mol. The van der Waals surface area contributed by atoms with Gasteiger partial charge >= 0.3 is 0 Å². The maximum absolute atomic E-state index is 2.44. The van der Waals surface area contributed by atoms with E-state index in [1.165, 1.54) is 25.7 Å². The van der Waals surface area contributed by atoms with Gasteiger partial charge in [0, 0.05) is 0 Å². The lowest BCUT2D eigenvalue weighted by atomic mass is 9.47. The standard InChI is InChI=1S/C14H26/c1-9(2)13-11-7-5-6-8-12(11)14(13)10(3)4/h9-14H,5-8H2,1-4H3. The van der Waals surface area contributed by atoms with Gasteiger partial charge < -0.3 is 0 Å². The van der Waals surface area contributed by atoms with Crippen LogP contribution in [0.2, 0.25) is 0 Å². The third kappa shape index (κ3) is 1.51. The first-order valence-electron chi connectivity index (χ1n) is 6.63. The Morgan fingerprint density at radius 3 is 1.36 bits per heavy atom. The van der Waals surface area contributed by atoms with E-state index >= 15 is 0 Å². The summed E-state index contributed by atoms with van der Waals surface area (Å²) < 4.78 is 0. The lowest BCUT2D eigenvalue weighted by Crippen LogP contribution is -2.52. The second-order valence-electron chi connectivity index (χ2n) is 6.25. The molecule has 0 amide bonds. The molecule has 0 heteroatoms. The summed E-state index contributed by atoms with van der Waals surface area (Å²) in [6.07, 6.45) is 6.10. The van der Waals surface area contributed by atoms with Gasteiger partial charge in [-0.05, 0) is 48.3 Å². The maximum atomic E-state index is 2.44. The first-order valence-corrected chi connectivity index (χ1v) is 6.63. The van der Waals surface area contributed by atoms with Crippen LogP contribution in [0.15, 0.2) is 0 Å². The summed E-state index contributed by atoms with van der Waals surface area (Å²) in [4.78, 5) is 0. The number of hydrogen-bond donors (Lipinski definition) is 0. The van der Waals surface area contributed by atoms with Gasteiger partial charge in [0.05, 0.1) is 0 Å². The SMILES string of the molecule is CC(C)C1C2CCCCC2C1C(C)C. The van der Waals surface area contributed by atoms with E-state index in [9.17, 15) is 0 Å². The van der Waals surface area contributed by atoms with Crippen LogP contribution < -0.4 is 0 Å². The fourth-order valence-electron chi connectivity index (χ4n) is 4.45. The van der Waals surface area contributed by atoms with Gasteiger partial charge in [-0.2, -0.15) is 0 Å². The minimum atomic E-state index is 0.918. The van der Waals surface area contributed by atoms with Gasteiger partial charge in [0.1, 0.15) is 0 Å². The normalized spacial score (nSPS) is 42.4. The molecule has 0 aromatic carbocycles. The topological polar surface area (TPSA) is 0 Å². The molecule has 14 heavy (non-hydrogen) atoms. The van der Waals surface area contributed by atoms with Gasteiger partial charge in [-0.3, -0.25) is 0 Å². The molecule has 4 atom stereocenters. The largest absolute Gasteiger partial charge is 0.0625 e. The van der Waals surface area contributed by atoms with E-state index < -0.39 is 0 Å². The highest BCUT2D eigenvalue weighted by molar-refractivity contribution is 5.00. The molecule has 2 aliphatic carbocycles. The Balaban J connectivity index is 2.07. The summed E-state index contributed by atoms with van der Waals surface area (Å²) in [6.45, 7) is 9.74. The van der Waals surface area contributed by atoms with Crippen molar-refractivity contribution in [2.24, 2.45) is 35.5 Å². The molecule has 0 nitrogen and oxygen atoms in total. The van der Waals surface area contributed by atoms with Crippen molar-refractivity contribution in [1.29, 1.82) is 0 Å². The van der Waals surface area contributed by atoms with Crippen LogP contribution in [0.3, 0.4) is 0 Å². The van der Waals surface area contributed by atoms with Crippen molar-refractivity contribution in [1.82, 2.24) is 0 Å². The molecule has 0 aromatic heterocycles. The average Bonchev–Trinajstić information content (AvgIpc) is 2.05. The third-order valence-corrected chi connectivity index (χ3v) is 4.85. The minimum absolute atomic E-state index is 0.918. The van der Waals surface area contributed by atoms with Gasteiger partial charge in [0.15, 0.2) is 0 Å². The van der Waals surface area contributed by atoms with Gasteiger partial charge in [-0.1, -0.05) is 40.5 Å². The van der Waals surface area contributed by atoms with E-state index in [0.29, 0.717) is 0 Å². The zero-order valence-electron chi connectivity index (χ0n) is 10.3. The smallest absolute Gasteiger partial charge is 0.0326 e. The van der Waals surface area contributed by atoms with E-state index in [2.05, 4.69) is 27.7 Å². The summed E-state index contributed by atoms with van der Waals surface area (Å²) in [5.41, 5.74) is 0. The summed E-state index contributed by atoms with van der Waals surface area (Å²) in [5.74, 6) is 6.16. The van der Waals surface area contributed by atoms with Crippen LogP contribution in [0.25, 0.3) is 0 Å². The molecule has 0 aromatic rings. The zero-order chi connectivity index (χ0) is 10.3. The number of fused-ring (bicyclic) bond motifs is 1. The third-order valence-electron chi connectivity index (χ3n) is 4.85. The molecule has 82 valence electrons. The molecule has 0 radical (unpaired) electrons. The molecule has 2 rings (SSSR count). The lowest BCUT2D eigenvalue weighted by Gasteiger charge is -2.58. The van der Waals surface area contributed by atoms with E-state index in [4.69, 9.17) is 0 Å². The molecule has 0 heterocycles. The Kier molecular flexibility index (Phi) is 2.91. The molecule has 0 spiro atoms. The van der Waals surface area contributed by atoms with Crippen LogP contribution in [0.4, 0.5) is 0 Å². The highest BCUT2D eigenvalue weighted by atomic mass is 14.6. The second kappa shape index (κ2) is 3.87. The fourth-order valence-corrected chi connectivity index (χ4v) is 4.45. The van der Waals surface area contributed by atoms with Gasteiger partial charge in [-0.15, -0.1) is 0 Å². The van der Waals surface area contributed by atoms with Crippen molar-refractivity contribution < 1.29 is 0 Å². The van der Waals surface area contributed by atoms with Crippen molar-refractivity contribution in [3.8, 4) is 0 Å². The van der Waals surface area contributed by atoms with Crippen LogP contribution in [0.5, 0.6) is 0 Å². The summed E-state index contributed by atoms with van der Waals surface area (Å²) in [6, 6.07) is 0. The molecular formula is C14H26. The molecule has 2 saturated carbocycles. The minimum Gasteiger partial charge on any atom is -0.0625 e. The molecular weight excluding hydrogens is 168 g/mol. The summed E-state index contributed by atoms with van der Waals surface area (Å²) in [5, 5.41) is 0. The van der Waals surface area contributed by atoms with Crippen LogP contribution >= 0.6 is 0 Å².